The molecule has 0 amide bonds. The van der Waals surface area contributed by atoms with E-state index in [9.17, 15) is 0 Å². The molecule has 0 spiro atoms. The van der Waals surface area contributed by atoms with Gasteiger partial charge in [0, 0.05) is 5.56 Å². The molecule has 1 aromatic carbocycles. The fraction of sp³-hybridized carbons (Fsp3) is 0.273. The number of hydrogen-bond acceptors (Lipinski definition) is 2. The number of nitrogens with zero attached hydrogens (tertiary/aromatic N) is 2. The van der Waals surface area contributed by atoms with Crippen molar-refractivity contribution in [3.63, 3.8) is 0 Å². The quantitative estimate of drug-likeness (QED) is 0.681. The highest BCUT2D eigenvalue weighted by atomic mass is 15.3. The molecule has 0 radical (unpaired) electrons. The number of hydrogen-bond donors (Lipinski definition) is 1. The molecule has 1 aromatic heterocycles. The molecule has 0 bridgehead atoms. The average molecular weight is 185 g/mol. The van der Waals surface area contributed by atoms with Crippen molar-refractivity contribution in [2.45, 2.75) is 19.3 Å². The lowest BCUT2D eigenvalue weighted by Crippen LogP contribution is -1.87. The summed E-state index contributed by atoms with van der Waals surface area (Å²) in [4.78, 5) is 0. The Morgan fingerprint density at radius 1 is 1.07 bits per heavy atom. The number of benzene rings is 1. The summed E-state index contributed by atoms with van der Waals surface area (Å²) in [6, 6.07) is 8.45. The van der Waals surface area contributed by atoms with E-state index in [4.69, 9.17) is 0 Å². The van der Waals surface area contributed by atoms with Crippen molar-refractivity contribution in [3.05, 3.63) is 35.5 Å². The van der Waals surface area contributed by atoms with Gasteiger partial charge < -0.3 is 0 Å². The molecule has 2 aromatic rings. The van der Waals surface area contributed by atoms with Crippen LogP contribution in [0.25, 0.3) is 11.3 Å². The van der Waals surface area contributed by atoms with Crippen LogP contribution in [0.3, 0.4) is 0 Å². The maximum atomic E-state index is 4.22. The van der Waals surface area contributed by atoms with Gasteiger partial charge in [-0.15, -0.1) is 0 Å². The van der Waals surface area contributed by atoms with Gasteiger partial charge in [-0.25, -0.2) is 0 Å². The van der Waals surface area contributed by atoms with Crippen LogP contribution < -0.4 is 0 Å². The summed E-state index contributed by atoms with van der Waals surface area (Å²) in [5.74, 6) is 0. The molecular weight excluding hydrogens is 174 g/mol. The topological polar surface area (TPSA) is 41.6 Å². The smallest absolute Gasteiger partial charge is 0.116 e. The molecule has 1 aliphatic rings. The molecule has 0 unspecified atom stereocenters. The summed E-state index contributed by atoms with van der Waals surface area (Å²) in [5.41, 5.74) is 4.78. The number of aryl methyl sites for hydroxylation is 2. The van der Waals surface area contributed by atoms with E-state index in [1.807, 2.05) is 0 Å². The van der Waals surface area contributed by atoms with E-state index in [1.165, 1.54) is 11.1 Å². The molecule has 3 rings (SSSR count). The second-order valence-corrected chi connectivity index (χ2v) is 3.63. The molecule has 1 N–H and O–H groups in total. The fourth-order valence-corrected chi connectivity index (χ4v) is 2.06. The van der Waals surface area contributed by atoms with Crippen LogP contribution >= 0.6 is 0 Å². The SMILES string of the molecule is c1ccc2c(c1)CCCc1n[nH]nc1-2. The number of rotatable bonds is 0. The number of nitrogens with one attached hydrogen (secondary N) is 1. The highest BCUT2D eigenvalue weighted by molar-refractivity contribution is 5.66. The fourth-order valence-electron chi connectivity index (χ4n) is 2.06. The van der Waals surface area contributed by atoms with Gasteiger partial charge in [-0.3, -0.25) is 0 Å². The lowest BCUT2D eigenvalue weighted by Gasteiger charge is -2.02. The Bertz CT molecular complexity index is 459. The number of aromatic nitrogens is 3. The Hall–Kier alpha value is -1.64. The van der Waals surface area contributed by atoms with Crippen molar-refractivity contribution in [1.82, 2.24) is 15.4 Å². The maximum absolute atomic E-state index is 4.22. The van der Waals surface area contributed by atoms with Crippen LogP contribution in [0.1, 0.15) is 17.7 Å². The Morgan fingerprint density at radius 2 is 2.00 bits per heavy atom. The zero-order valence-corrected chi connectivity index (χ0v) is 7.83. The van der Waals surface area contributed by atoms with E-state index < -0.39 is 0 Å². The lowest BCUT2D eigenvalue weighted by atomic mass is 10.0. The monoisotopic (exact) mass is 185 g/mol. The highest BCUT2D eigenvalue weighted by Crippen LogP contribution is 2.28. The van der Waals surface area contributed by atoms with Crippen LogP contribution in [0.4, 0.5) is 0 Å². The van der Waals surface area contributed by atoms with Gasteiger partial charge in [0.25, 0.3) is 0 Å². The van der Waals surface area contributed by atoms with Crippen molar-refractivity contribution < 1.29 is 0 Å². The Kier molecular flexibility index (Phi) is 1.63. The number of H-pyrrole nitrogens is 1. The first-order valence-corrected chi connectivity index (χ1v) is 4.93. The van der Waals surface area contributed by atoms with E-state index in [0.717, 1.165) is 30.7 Å². The van der Waals surface area contributed by atoms with Crippen LogP contribution in [0, 0.1) is 0 Å². The van der Waals surface area contributed by atoms with Crippen molar-refractivity contribution in [1.29, 1.82) is 0 Å². The minimum atomic E-state index is 1.03. The van der Waals surface area contributed by atoms with E-state index in [2.05, 4.69) is 39.7 Å². The second-order valence-electron chi connectivity index (χ2n) is 3.63. The van der Waals surface area contributed by atoms with Crippen LogP contribution in [0.15, 0.2) is 24.3 Å². The Balaban J connectivity index is 2.27. The van der Waals surface area contributed by atoms with Crippen molar-refractivity contribution in [3.8, 4) is 11.3 Å². The normalized spacial score (nSPS) is 14.3. The van der Waals surface area contributed by atoms with Gasteiger partial charge in [-0.1, -0.05) is 24.3 Å². The largest absolute Gasteiger partial charge is 0.197 e. The van der Waals surface area contributed by atoms with Gasteiger partial charge in [0.15, 0.2) is 0 Å². The van der Waals surface area contributed by atoms with Gasteiger partial charge >= 0.3 is 0 Å². The zero-order valence-electron chi connectivity index (χ0n) is 7.83. The molecule has 0 atom stereocenters. The maximum Gasteiger partial charge on any atom is 0.116 e. The van der Waals surface area contributed by atoms with Gasteiger partial charge in [-0.2, -0.15) is 15.4 Å². The zero-order chi connectivity index (χ0) is 9.38. The molecule has 3 heteroatoms. The standard InChI is InChI=1S/C11H11N3/c1-2-6-9-8(4-1)5-3-7-10-11(9)13-14-12-10/h1-2,4,6H,3,5,7H2,(H,12,13,14). The summed E-state index contributed by atoms with van der Waals surface area (Å²) in [5, 5.41) is 11.1. The summed E-state index contributed by atoms with van der Waals surface area (Å²) in [6.07, 6.45) is 3.32. The molecule has 3 nitrogen and oxygen atoms in total. The molecule has 14 heavy (non-hydrogen) atoms. The molecule has 70 valence electrons. The number of aromatic amines is 1. The highest BCUT2D eigenvalue weighted by Gasteiger charge is 2.16. The molecule has 1 aliphatic carbocycles. The molecular formula is C11H11N3. The summed E-state index contributed by atoms with van der Waals surface area (Å²) < 4.78 is 0. The Labute approximate surface area is 82.2 Å². The third-order valence-electron chi connectivity index (χ3n) is 2.75. The summed E-state index contributed by atoms with van der Waals surface area (Å²) in [6.45, 7) is 0. The molecule has 0 saturated heterocycles. The predicted octanol–water partition coefficient (Wildman–Crippen LogP) is 1.96. The Morgan fingerprint density at radius 3 is 3.00 bits per heavy atom. The van der Waals surface area contributed by atoms with E-state index in [1.54, 1.807) is 0 Å². The first kappa shape index (κ1) is 7.74. The minimum Gasteiger partial charge on any atom is -0.197 e. The van der Waals surface area contributed by atoms with Crippen LogP contribution in [0.2, 0.25) is 0 Å². The van der Waals surface area contributed by atoms with E-state index >= 15 is 0 Å². The first-order chi connectivity index (χ1) is 6.95. The third-order valence-corrected chi connectivity index (χ3v) is 2.75. The van der Waals surface area contributed by atoms with Crippen molar-refractivity contribution in [2.24, 2.45) is 0 Å². The predicted molar refractivity (Wildman–Crippen MR) is 53.8 cm³/mol. The van der Waals surface area contributed by atoms with Crippen LogP contribution in [-0.2, 0) is 12.8 Å². The molecule has 1 heterocycles. The molecule has 0 aliphatic heterocycles. The first-order valence-electron chi connectivity index (χ1n) is 4.93. The van der Waals surface area contributed by atoms with Gasteiger partial charge in [-0.05, 0) is 24.8 Å². The second kappa shape index (κ2) is 2.94. The van der Waals surface area contributed by atoms with Gasteiger partial charge in [0.05, 0.1) is 5.69 Å². The molecule has 0 fully saturated rings. The van der Waals surface area contributed by atoms with E-state index in [-0.39, 0.29) is 0 Å². The lowest BCUT2D eigenvalue weighted by molar-refractivity contribution is 0.797. The number of fused-ring (bicyclic) bond motifs is 3. The summed E-state index contributed by atoms with van der Waals surface area (Å²) >= 11 is 0. The van der Waals surface area contributed by atoms with Gasteiger partial charge in [0.2, 0.25) is 0 Å². The van der Waals surface area contributed by atoms with Crippen molar-refractivity contribution in [2.75, 3.05) is 0 Å². The van der Waals surface area contributed by atoms with Crippen molar-refractivity contribution >= 4 is 0 Å². The van der Waals surface area contributed by atoms with Gasteiger partial charge in [0.1, 0.15) is 5.69 Å². The third kappa shape index (κ3) is 1.05. The summed E-state index contributed by atoms with van der Waals surface area (Å²) in [7, 11) is 0. The van der Waals surface area contributed by atoms with Crippen LogP contribution in [-0.4, -0.2) is 15.4 Å². The van der Waals surface area contributed by atoms with Crippen LogP contribution in [0.5, 0.6) is 0 Å². The van der Waals surface area contributed by atoms with E-state index in [0.29, 0.717) is 0 Å². The molecule has 0 saturated carbocycles. The average Bonchev–Trinajstić information content (AvgIpc) is 2.61. The minimum absolute atomic E-state index is 1.03.